The molecular formula is C32H27NO2. The van der Waals surface area contributed by atoms with Crippen LogP contribution < -0.4 is 0 Å². The van der Waals surface area contributed by atoms with Crippen molar-refractivity contribution in [3.8, 4) is 0 Å². The van der Waals surface area contributed by atoms with E-state index in [4.69, 9.17) is 5.11 Å². The van der Waals surface area contributed by atoms with Crippen molar-refractivity contribution in [3.63, 3.8) is 0 Å². The number of aromatic amines is 1. The maximum atomic E-state index is 11.1. The van der Waals surface area contributed by atoms with Gasteiger partial charge in [0, 0.05) is 16.3 Å². The van der Waals surface area contributed by atoms with Gasteiger partial charge in [-0.15, -0.1) is 0 Å². The first-order valence-corrected chi connectivity index (χ1v) is 12.2. The van der Waals surface area contributed by atoms with Crippen LogP contribution in [0.2, 0.25) is 0 Å². The number of aromatic carboxylic acids is 1. The van der Waals surface area contributed by atoms with Gasteiger partial charge in [-0.2, -0.15) is 0 Å². The minimum Gasteiger partial charge on any atom is -0.478 e. The Morgan fingerprint density at radius 3 is 2.51 bits per heavy atom. The molecule has 7 rings (SSSR count). The van der Waals surface area contributed by atoms with E-state index in [2.05, 4.69) is 60.5 Å². The lowest BCUT2D eigenvalue weighted by molar-refractivity contribution is 0.0699. The zero-order valence-electron chi connectivity index (χ0n) is 19.7. The number of hydrogen-bond acceptors (Lipinski definition) is 1. The largest absolute Gasteiger partial charge is 0.478 e. The maximum absolute atomic E-state index is 11.1. The molecule has 0 saturated heterocycles. The molecule has 0 spiro atoms. The van der Waals surface area contributed by atoms with Gasteiger partial charge in [-0.05, 0) is 64.8 Å². The molecule has 0 fully saturated rings. The number of allylic oxidation sites excluding steroid dienone is 4. The SMILES string of the molecule is CC1Cc2c(ccc3ccccc23)C2=C1CCC=C2.O=C(O)c1cccc2c1[nH]c1ccccc12. The number of para-hydroxylation sites is 2. The van der Waals surface area contributed by atoms with Crippen LogP contribution in [0.4, 0.5) is 0 Å². The van der Waals surface area contributed by atoms with E-state index in [-0.39, 0.29) is 0 Å². The standard InChI is InChI=1S/C19H18.C13H9NO2/c1-13-12-19-16-8-3-2-6-14(16)10-11-18(19)17-9-5-4-7-15(13)17;15-13(16)10-6-3-5-9-8-4-1-2-7-11(8)14-12(9)10/h2-3,5-6,8-11,13H,4,7,12H2,1H3;1-7,14H,(H,15,16). The Morgan fingerprint density at radius 1 is 0.886 bits per heavy atom. The van der Waals surface area contributed by atoms with Crippen molar-refractivity contribution in [3.05, 3.63) is 113 Å². The van der Waals surface area contributed by atoms with Crippen LogP contribution in [0.25, 0.3) is 38.2 Å². The van der Waals surface area contributed by atoms with Crippen LogP contribution in [0.1, 0.15) is 41.3 Å². The molecule has 2 aliphatic rings. The first kappa shape index (κ1) is 21.4. The van der Waals surface area contributed by atoms with Crippen molar-refractivity contribution in [2.75, 3.05) is 0 Å². The zero-order chi connectivity index (χ0) is 23.9. The fourth-order valence-electron chi connectivity index (χ4n) is 5.75. The van der Waals surface area contributed by atoms with Crippen molar-refractivity contribution < 1.29 is 9.90 Å². The quantitative estimate of drug-likeness (QED) is 0.267. The monoisotopic (exact) mass is 457 g/mol. The summed E-state index contributed by atoms with van der Waals surface area (Å²) in [6.07, 6.45) is 8.34. The number of hydrogen-bond donors (Lipinski definition) is 2. The van der Waals surface area contributed by atoms with E-state index in [1.807, 2.05) is 30.3 Å². The number of carboxylic acid groups (broad SMARTS) is 1. The number of carbonyl (C=O) groups is 1. The third-order valence-electron chi connectivity index (χ3n) is 7.42. The van der Waals surface area contributed by atoms with Crippen LogP contribution >= 0.6 is 0 Å². The number of aromatic nitrogens is 1. The lowest BCUT2D eigenvalue weighted by atomic mass is 9.74. The smallest absolute Gasteiger partial charge is 0.337 e. The van der Waals surface area contributed by atoms with Gasteiger partial charge in [0.1, 0.15) is 0 Å². The summed E-state index contributed by atoms with van der Waals surface area (Å²) in [4.78, 5) is 14.2. The molecule has 4 aromatic carbocycles. The van der Waals surface area contributed by atoms with Crippen LogP contribution in [0.5, 0.6) is 0 Å². The molecule has 1 atom stereocenters. The molecule has 2 aliphatic carbocycles. The first-order chi connectivity index (χ1) is 17.1. The fourth-order valence-corrected chi connectivity index (χ4v) is 5.75. The summed E-state index contributed by atoms with van der Waals surface area (Å²) in [5.41, 5.74) is 8.17. The Labute approximate surface area is 204 Å². The molecule has 0 saturated carbocycles. The second-order valence-electron chi connectivity index (χ2n) is 9.50. The molecule has 2 N–H and O–H groups in total. The second kappa shape index (κ2) is 8.59. The summed E-state index contributed by atoms with van der Waals surface area (Å²) in [7, 11) is 0. The summed E-state index contributed by atoms with van der Waals surface area (Å²) in [6, 6.07) is 26.5. The number of H-pyrrole nitrogens is 1. The van der Waals surface area contributed by atoms with Crippen molar-refractivity contribution in [2.45, 2.75) is 26.2 Å². The Morgan fingerprint density at radius 2 is 1.66 bits per heavy atom. The van der Waals surface area contributed by atoms with Crippen LogP contribution in [0.15, 0.2) is 96.6 Å². The van der Waals surface area contributed by atoms with Crippen molar-refractivity contribution in [2.24, 2.45) is 5.92 Å². The summed E-state index contributed by atoms with van der Waals surface area (Å²) in [6.45, 7) is 2.39. The van der Waals surface area contributed by atoms with Crippen LogP contribution in [-0.4, -0.2) is 16.1 Å². The molecule has 3 nitrogen and oxygen atoms in total. The van der Waals surface area contributed by atoms with E-state index < -0.39 is 5.97 Å². The molecule has 172 valence electrons. The molecule has 1 heterocycles. The summed E-state index contributed by atoms with van der Waals surface area (Å²) in [5, 5.41) is 13.9. The Bertz CT molecular complexity index is 1670. The van der Waals surface area contributed by atoms with Crippen molar-refractivity contribution in [1.29, 1.82) is 0 Å². The molecular weight excluding hydrogens is 430 g/mol. The van der Waals surface area contributed by atoms with Gasteiger partial charge in [0.15, 0.2) is 0 Å². The highest BCUT2D eigenvalue weighted by Crippen LogP contribution is 2.42. The molecule has 5 aromatic rings. The van der Waals surface area contributed by atoms with Crippen molar-refractivity contribution >= 4 is 44.1 Å². The molecule has 0 bridgehead atoms. The van der Waals surface area contributed by atoms with E-state index in [0.29, 0.717) is 17.0 Å². The molecule has 0 aliphatic heterocycles. The van der Waals surface area contributed by atoms with Crippen molar-refractivity contribution in [1.82, 2.24) is 4.98 Å². The Hall–Kier alpha value is -4.11. The Kier molecular flexibility index (Phi) is 5.26. The van der Waals surface area contributed by atoms with E-state index in [1.54, 1.807) is 23.3 Å². The Balaban J connectivity index is 0.000000133. The highest BCUT2D eigenvalue weighted by Gasteiger charge is 2.25. The lowest BCUT2D eigenvalue weighted by Gasteiger charge is -2.30. The predicted molar refractivity (Wildman–Crippen MR) is 145 cm³/mol. The van der Waals surface area contributed by atoms with Gasteiger partial charge in [0.2, 0.25) is 0 Å². The van der Waals surface area contributed by atoms with Gasteiger partial charge in [0.25, 0.3) is 0 Å². The van der Waals surface area contributed by atoms with E-state index in [0.717, 1.165) is 16.3 Å². The van der Waals surface area contributed by atoms with Crippen LogP contribution in [0, 0.1) is 5.92 Å². The lowest BCUT2D eigenvalue weighted by Crippen LogP contribution is -2.15. The summed E-state index contributed by atoms with van der Waals surface area (Å²) >= 11 is 0. The highest BCUT2D eigenvalue weighted by molar-refractivity contribution is 6.13. The van der Waals surface area contributed by atoms with Crippen LogP contribution in [0.3, 0.4) is 0 Å². The van der Waals surface area contributed by atoms with Gasteiger partial charge in [-0.3, -0.25) is 0 Å². The predicted octanol–water partition coefficient (Wildman–Crippen LogP) is 8.15. The van der Waals surface area contributed by atoms with E-state index in [1.165, 1.54) is 41.2 Å². The number of benzene rings is 4. The average molecular weight is 458 g/mol. The van der Waals surface area contributed by atoms with Gasteiger partial charge in [-0.25, -0.2) is 4.79 Å². The summed E-state index contributed by atoms with van der Waals surface area (Å²) < 4.78 is 0. The molecule has 3 heteroatoms. The maximum Gasteiger partial charge on any atom is 0.337 e. The second-order valence-corrected chi connectivity index (χ2v) is 9.50. The van der Waals surface area contributed by atoms with Gasteiger partial charge >= 0.3 is 5.97 Å². The molecule has 35 heavy (non-hydrogen) atoms. The molecule has 1 unspecified atom stereocenters. The topological polar surface area (TPSA) is 53.1 Å². The minimum atomic E-state index is -0.905. The summed E-state index contributed by atoms with van der Waals surface area (Å²) in [5.74, 6) is -0.213. The minimum absolute atomic E-state index is 0.314. The van der Waals surface area contributed by atoms with E-state index in [9.17, 15) is 4.79 Å². The number of carboxylic acids is 1. The normalized spacial score (nSPS) is 16.7. The fraction of sp³-hybridized carbons (Fsp3) is 0.156. The molecule has 0 radical (unpaired) electrons. The zero-order valence-corrected chi connectivity index (χ0v) is 19.7. The third-order valence-corrected chi connectivity index (χ3v) is 7.42. The first-order valence-electron chi connectivity index (χ1n) is 12.2. The average Bonchev–Trinajstić information content (AvgIpc) is 3.28. The van der Waals surface area contributed by atoms with E-state index >= 15 is 0 Å². The number of nitrogens with one attached hydrogen (secondary N) is 1. The number of fused-ring (bicyclic) bond motifs is 7. The third kappa shape index (κ3) is 3.64. The van der Waals surface area contributed by atoms with Gasteiger partial charge in [-0.1, -0.05) is 91.4 Å². The van der Waals surface area contributed by atoms with Gasteiger partial charge < -0.3 is 10.1 Å². The van der Waals surface area contributed by atoms with Crippen LogP contribution in [-0.2, 0) is 6.42 Å². The number of rotatable bonds is 1. The molecule has 1 aromatic heterocycles. The molecule has 0 amide bonds. The highest BCUT2D eigenvalue weighted by atomic mass is 16.4. The van der Waals surface area contributed by atoms with Gasteiger partial charge in [0.05, 0.1) is 11.1 Å².